The van der Waals surface area contributed by atoms with Crippen LogP contribution in [0.15, 0.2) is 41.0 Å². The molecule has 0 saturated heterocycles. The minimum Gasteiger partial charge on any atom is -0.495 e. The maximum atomic E-state index is 6.08. The highest BCUT2D eigenvalue weighted by atomic mass is 79.9. The second-order valence-corrected chi connectivity index (χ2v) is 5.61. The van der Waals surface area contributed by atoms with Crippen LogP contribution in [0.25, 0.3) is 0 Å². The Balaban J connectivity index is 2.39. The Labute approximate surface area is 132 Å². The second-order valence-electron chi connectivity index (χ2n) is 4.29. The number of rotatable bonds is 5. The first-order chi connectivity index (χ1) is 9.65. The van der Waals surface area contributed by atoms with Crippen LogP contribution in [0.4, 0.5) is 0 Å². The van der Waals surface area contributed by atoms with Crippen molar-refractivity contribution in [2.75, 3.05) is 13.7 Å². The number of benzene rings is 1. The lowest BCUT2D eigenvalue weighted by Gasteiger charge is -2.19. The zero-order valence-corrected chi connectivity index (χ0v) is 13.7. The number of hydrogen-bond donors (Lipinski definition) is 1. The summed E-state index contributed by atoms with van der Waals surface area (Å²) in [6.45, 7) is 2.91. The van der Waals surface area contributed by atoms with Crippen molar-refractivity contribution in [2.45, 2.75) is 13.0 Å². The maximum absolute atomic E-state index is 6.08. The molecule has 0 aliphatic carbocycles. The molecule has 3 nitrogen and oxygen atoms in total. The van der Waals surface area contributed by atoms with E-state index in [4.69, 9.17) is 16.3 Å². The highest BCUT2D eigenvalue weighted by molar-refractivity contribution is 9.10. The van der Waals surface area contributed by atoms with Gasteiger partial charge in [0, 0.05) is 10.7 Å². The summed E-state index contributed by atoms with van der Waals surface area (Å²) in [7, 11) is 1.62. The number of halogens is 2. The lowest BCUT2D eigenvalue weighted by atomic mass is 10.0. The third kappa shape index (κ3) is 3.51. The van der Waals surface area contributed by atoms with E-state index >= 15 is 0 Å². The minimum absolute atomic E-state index is 0.0132. The van der Waals surface area contributed by atoms with Gasteiger partial charge in [0.15, 0.2) is 0 Å². The van der Waals surface area contributed by atoms with Crippen LogP contribution in [0.5, 0.6) is 5.75 Å². The van der Waals surface area contributed by atoms with Crippen LogP contribution in [-0.2, 0) is 0 Å². The number of methoxy groups -OCH3 is 1. The molecule has 0 radical (unpaired) electrons. The van der Waals surface area contributed by atoms with Crippen LogP contribution >= 0.6 is 27.5 Å². The smallest absolute Gasteiger partial charge is 0.137 e. The van der Waals surface area contributed by atoms with Gasteiger partial charge in [-0.15, -0.1) is 0 Å². The molecule has 0 amide bonds. The molecule has 1 aromatic carbocycles. The highest BCUT2D eigenvalue weighted by Gasteiger charge is 2.16. The molecule has 5 heteroatoms. The summed E-state index contributed by atoms with van der Waals surface area (Å²) in [5.74, 6) is 0.671. The average molecular weight is 356 g/mol. The quantitative estimate of drug-likeness (QED) is 0.872. The van der Waals surface area contributed by atoms with E-state index in [1.165, 1.54) is 0 Å². The van der Waals surface area contributed by atoms with Crippen molar-refractivity contribution in [3.05, 3.63) is 57.3 Å². The molecule has 1 heterocycles. The third-order valence-corrected chi connectivity index (χ3v) is 3.74. The second kappa shape index (κ2) is 7.07. The molecule has 2 rings (SSSR count). The van der Waals surface area contributed by atoms with Crippen molar-refractivity contribution in [1.29, 1.82) is 0 Å². The molecule has 0 aliphatic heterocycles. The van der Waals surface area contributed by atoms with Crippen molar-refractivity contribution in [3.8, 4) is 5.75 Å². The van der Waals surface area contributed by atoms with Gasteiger partial charge in [-0.05, 0) is 52.3 Å². The molecule has 0 saturated carbocycles. The van der Waals surface area contributed by atoms with Crippen LogP contribution < -0.4 is 10.1 Å². The Morgan fingerprint density at radius 3 is 2.75 bits per heavy atom. The molecule has 0 spiro atoms. The van der Waals surface area contributed by atoms with Gasteiger partial charge in [-0.25, -0.2) is 0 Å². The molecule has 0 fully saturated rings. The average Bonchev–Trinajstić information content (AvgIpc) is 2.47. The van der Waals surface area contributed by atoms with E-state index in [2.05, 4.69) is 33.2 Å². The van der Waals surface area contributed by atoms with Crippen molar-refractivity contribution < 1.29 is 4.74 Å². The van der Waals surface area contributed by atoms with Gasteiger partial charge >= 0.3 is 0 Å². The van der Waals surface area contributed by atoms with E-state index in [9.17, 15) is 0 Å². The van der Waals surface area contributed by atoms with Gasteiger partial charge in [-0.2, -0.15) is 0 Å². The van der Waals surface area contributed by atoms with Gasteiger partial charge in [0.05, 0.1) is 23.9 Å². The van der Waals surface area contributed by atoms with Gasteiger partial charge < -0.3 is 10.1 Å². The van der Waals surface area contributed by atoms with E-state index in [-0.39, 0.29) is 6.04 Å². The fourth-order valence-electron chi connectivity index (χ4n) is 2.01. The zero-order chi connectivity index (χ0) is 14.5. The summed E-state index contributed by atoms with van der Waals surface area (Å²) in [5.41, 5.74) is 2.03. The molecule has 20 heavy (non-hydrogen) atoms. The van der Waals surface area contributed by atoms with Crippen molar-refractivity contribution >= 4 is 27.5 Å². The number of aromatic nitrogens is 1. The highest BCUT2D eigenvalue weighted by Crippen LogP contribution is 2.30. The molecule has 0 bridgehead atoms. The van der Waals surface area contributed by atoms with Crippen LogP contribution in [-0.4, -0.2) is 18.6 Å². The van der Waals surface area contributed by atoms with Crippen molar-refractivity contribution in [3.63, 3.8) is 0 Å². The Hall–Kier alpha value is -1.10. The fourth-order valence-corrected chi connectivity index (χ4v) is 2.44. The van der Waals surface area contributed by atoms with Gasteiger partial charge in [0.1, 0.15) is 5.75 Å². The largest absolute Gasteiger partial charge is 0.495 e. The van der Waals surface area contributed by atoms with E-state index in [1.807, 2.05) is 30.3 Å². The van der Waals surface area contributed by atoms with Gasteiger partial charge in [0.2, 0.25) is 0 Å². The third-order valence-electron chi connectivity index (χ3n) is 2.96. The van der Waals surface area contributed by atoms with Gasteiger partial charge in [-0.1, -0.05) is 24.6 Å². The molecular weight excluding hydrogens is 340 g/mol. The summed E-state index contributed by atoms with van der Waals surface area (Å²) in [4.78, 5) is 4.47. The van der Waals surface area contributed by atoms with Crippen molar-refractivity contribution in [2.24, 2.45) is 0 Å². The van der Waals surface area contributed by atoms with E-state index in [1.54, 1.807) is 13.3 Å². The first kappa shape index (κ1) is 15.3. The molecule has 106 valence electrons. The van der Waals surface area contributed by atoms with E-state index < -0.39 is 0 Å². The van der Waals surface area contributed by atoms with Crippen molar-refractivity contribution in [1.82, 2.24) is 10.3 Å². The monoisotopic (exact) mass is 354 g/mol. The summed E-state index contributed by atoms with van der Waals surface area (Å²) < 4.78 is 6.24. The molecular formula is C15H16BrClN2O. The first-order valence-electron chi connectivity index (χ1n) is 6.34. The topological polar surface area (TPSA) is 34.1 Å². The summed E-state index contributed by atoms with van der Waals surface area (Å²) in [5, 5.41) is 4.04. The summed E-state index contributed by atoms with van der Waals surface area (Å²) in [6, 6.07) is 9.78. The first-order valence-corrected chi connectivity index (χ1v) is 7.51. The van der Waals surface area contributed by atoms with Crippen LogP contribution in [0.1, 0.15) is 24.2 Å². The zero-order valence-electron chi connectivity index (χ0n) is 11.4. The number of ether oxygens (including phenoxy) is 1. The normalized spacial score (nSPS) is 12.2. The lowest BCUT2D eigenvalue weighted by Crippen LogP contribution is -2.22. The molecule has 1 atom stereocenters. The standard InChI is InChI=1S/C15H16BrClN2O/c1-3-18-15(13-7-5-11(16)9-19-13)10-4-6-12(17)14(8-10)20-2/h4-9,15,18H,3H2,1-2H3. The summed E-state index contributed by atoms with van der Waals surface area (Å²) in [6.07, 6.45) is 1.80. The lowest BCUT2D eigenvalue weighted by molar-refractivity contribution is 0.414. The molecule has 2 aromatic rings. The number of pyridine rings is 1. The molecule has 1 N–H and O–H groups in total. The predicted octanol–water partition coefficient (Wildman–Crippen LogP) is 4.21. The Morgan fingerprint density at radius 2 is 2.15 bits per heavy atom. The fraction of sp³-hybridized carbons (Fsp3) is 0.267. The van der Waals surface area contributed by atoms with Crippen LogP contribution in [0, 0.1) is 0 Å². The minimum atomic E-state index is 0.0132. The van der Waals surface area contributed by atoms with Gasteiger partial charge in [0.25, 0.3) is 0 Å². The molecule has 1 unspecified atom stereocenters. The molecule has 0 aliphatic rings. The number of nitrogens with one attached hydrogen (secondary N) is 1. The van der Waals surface area contributed by atoms with Crippen LogP contribution in [0.3, 0.4) is 0 Å². The van der Waals surface area contributed by atoms with Gasteiger partial charge in [-0.3, -0.25) is 4.98 Å². The Morgan fingerprint density at radius 1 is 1.35 bits per heavy atom. The predicted molar refractivity (Wildman–Crippen MR) is 85.5 cm³/mol. The number of nitrogens with zero attached hydrogens (tertiary/aromatic N) is 1. The molecule has 1 aromatic heterocycles. The maximum Gasteiger partial charge on any atom is 0.137 e. The Bertz CT molecular complexity index is 575. The number of hydrogen-bond acceptors (Lipinski definition) is 3. The SMILES string of the molecule is CCNC(c1ccc(Cl)c(OC)c1)c1ccc(Br)cn1. The van der Waals surface area contributed by atoms with E-state index in [0.29, 0.717) is 10.8 Å². The van der Waals surface area contributed by atoms with Crippen LogP contribution in [0.2, 0.25) is 5.02 Å². The summed E-state index contributed by atoms with van der Waals surface area (Å²) >= 11 is 9.48. The Kier molecular flexibility index (Phi) is 5.40. The van der Waals surface area contributed by atoms with E-state index in [0.717, 1.165) is 22.3 Å².